The van der Waals surface area contributed by atoms with Gasteiger partial charge in [-0.1, -0.05) is 91.3 Å². The third kappa shape index (κ3) is 12.5. The van der Waals surface area contributed by atoms with E-state index in [0.717, 1.165) is 36.8 Å². The maximum atomic E-state index is 12.9. The van der Waals surface area contributed by atoms with Gasteiger partial charge >= 0.3 is 0 Å². The number of rotatable bonds is 13. The summed E-state index contributed by atoms with van der Waals surface area (Å²) in [5.41, 5.74) is 5.76. The molecule has 0 unspecified atom stereocenters. The Morgan fingerprint density at radius 1 is 0.900 bits per heavy atom. The van der Waals surface area contributed by atoms with Gasteiger partial charge in [0, 0.05) is 35.5 Å². The minimum atomic E-state index is -0.285. The normalized spacial score (nSPS) is 10.3. The van der Waals surface area contributed by atoms with Gasteiger partial charge in [-0.15, -0.1) is 0 Å². The van der Waals surface area contributed by atoms with Crippen LogP contribution >= 0.6 is 15.9 Å². The average Bonchev–Trinajstić information content (AvgIpc) is 3.41. The molecule has 0 saturated carbocycles. The molecule has 1 aromatic heterocycles. The van der Waals surface area contributed by atoms with E-state index in [-0.39, 0.29) is 24.9 Å². The second-order valence-corrected chi connectivity index (χ2v) is 9.80. The summed E-state index contributed by atoms with van der Waals surface area (Å²) < 4.78 is 18.3. The lowest BCUT2D eigenvalue weighted by Gasteiger charge is -2.08. The van der Waals surface area contributed by atoms with Gasteiger partial charge in [0.15, 0.2) is 0 Å². The van der Waals surface area contributed by atoms with Crippen molar-refractivity contribution in [1.82, 2.24) is 15.6 Å². The fraction of sp³-hybridized carbons (Fsp3) is 0.364. The van der Waals surface area contributed by atoms with Crippen LogP contribution in [0.4, 0.5) is 4.39 Å². The van der Waals surface area contributed by atoms with E-state index in [1.165, 1.54) is 46.1 Å². The maximum absolute atomic E-state index is 12.9. The third-order valence-electron chi connectivity index (χ3n) is 5.94. The first-order valence-electron chi connectivity index (χ1n) is 14.1. The number of amides is 1. The zero-order valence-electron chi connectivity index (χ0n) is 23.9. The molecule has 0 atom stereocenters. The Kier molecular flexibility index (Phi) is 16.6. The van der Waals surface area contributed by atoms with Crippen LogP contribution in [-0.4, -0.2) is 35.9 Å². The smallest absolute Gasteiger partial charge is 0.246 e. The van der Waals surface area contributed by atoms with Crippen molar-refractivity contribution in [1.29, 1.82) is 0 Å². The molecule has 1 amide bonds. The first-order chi connectivity index (χ1) is 19.6. The molecule has 4 rings (SSSR count). The Morgan fingerprint density at radius 2 is 1.55 bits per heavy atom. The maximum Gasteiger partial charge on any atom is 0.246 e. The van der Waals surface area contributed by atoms with Crippen LogP contribution in [0.1, 0.15) is 49.4 Å². The number of hydrogen-bond donors (Lipinski definition) is 3. The zero-order chi connectivity index (χ0) is 29.0. The molecule has 0 saturated heterocycles. The molecule has 1 heterocycles. The molecular weight excluding hydrogens is 569 g/mol. The number of H-pyrrole nitrogens is 1. The molecule has 40 heavy (non-hydrogen) atoms. The fourth-order valence-corrected chi connectivity index (χ4v) is 3.86. The SMILES string of the molecule is CC.CCCBr.O=C(COCc1ccc(F)cc1)NCCc1ccc(CNCCc2c[nH]c3ccccc23)cc1. The standard InChI is InChI=1S/C28H30FN3O2.C3H7Br.C2H6/c29-25-11-9-23(10-12-25)19-34-20-28(33)31-16-13-21-5-7-22(8-6-21)17-30-15-14-24-18-32-27-4-2-1-3-26(24)27;1-2-3-4;1-2/h1-12,18,30,32H,13-17,19-20H2,(H,31,33);2-3H2,1H3;1-2H3. The lowest BCUT2D eigenvalue weighted by atomic mass is 10.1. The van der Waals surface area contributed by atoms with Crippen molar-refractivity contribution in [3.63, 3.8) is 0 Å². The molecule has 4 aromatic rings. The fourth-order valence-electron chi connectivity index (χ4n) is 3.86. The van der Waals surface area contributed by atoms with Gasteiger partial charge in [0.05, 0.1) is 6.61 Å². The summed E-state index contributed by atoms with van der Waals surface area (Å²) >= 11 is 3.25. The summed E-state index contributed by atoms with van der Waals surface area (Å²) in [5.74, 6) is -0.439. The van der Waals surface area contributed by atoms with Crippen molar-refractivity contribution in [3.8, 4) is 0 Å². The largest absolute Gasteiger partial charge is 0.367 e. The summed E-state index contributed by atoms with van der Waals surface area (Å²) in [6, 6.07) is 22.9. The Bertz CT molecular complexity index is 1220. The lowest BCUT2D eigenvalue weighted by molar-refractivity contribution is -0.126. The van der Waals surface area contributed by atoms with Gasteiger partial charge in [-0.05, 0) is 66.3 Å². The first kappa shape index (κ1) is 33.2. The quantitative estimate of drug-likeness (QED) is 0.109. The Labute approximate surface area is 247 Å². The van der Waals surface area contributed by atoms with Gasteiger partial charge in [0.25, 0.3) is 0 Å². The number of carbonyl (C=O) groups is 1. The molecule has 5 nitrogen and oxygen atoms in total. The predicted octanol–water partition coefficient (Wildman–Crippen LogP) is 7.33. The second kappa shape index (κ2) is 20.0. The number of ether oxygens (including phenoxy) is 1. The number of fused-ring (bicyclic) bond motifs is 1. The molecule has 0 fully saturated rings. The van der Waals surface area contributed by atoms with E-state index < -0.39 is 0 Å². The van der Waals surface area contributed by atoms with Crippen molar-refractivity contribution in [2.24, 2.45) is 0 Å². The molecule has 0 bridgehead atoms. The summed E-state index contributed by atoms with van der Waals surface area (Å²) in [7, 11) is 0. The van der Waals surface area contributed by atoms with Crippen molar-refractivity contribution >= 4 is 32.7 Å². The molecule has 216 valence electrons. The highest BCUT2D eigenvalue weighted by atomic mass is 79.9. The van der Waals surface area contributed by atoms with E-state index >= 15 is 0 Å². The number of para-hydroxylation sites is 1. The Hall–Kier alpha value is -3.00. The average molecular weight is 613 g/mol. The van der Waals surface area contributed by atoms with E-state index in [1.54, 1.807) is 12.1 Å². The molecule has 0 radical (unpaired) electrons. The van der Waals surface area contributed by atoms with Gasteiger partial charge in [-0.25, -0.2) is 4.39 Å². The van der Waals surface area contributed by atoms with Crippen LogP contribution in [-0.2, 0) is 35.5 Å². The molecule has 0 aliphatic rings. The van der Waals surface area contributed by atoms with Crippen LogP contribution in [0.3, 0.4) is 0 Å². The number of carbonyl (C=O) groups excluding carboxylic acids is 1. The van der Waals surface area contributed by atoms with Gasteiger partial charge in [0.1, 0.15) is 12.4 Å². The summed E-state index contributed by atoms with van der Waals surface area (Å²) in [6.45, 7) is 8.70. The number of nitrogens with one attached hydrogen (secondary N) is 3. The summed E-state index contributed by atoms with van der Waals surface area (Å²) in [5, 5.41) is 8.81. The van der Waals surface area contributed by atoms with E-state index in [2.05, 4.69) is 87.1 Å². The molecule has 0 aliphatic heterocycles. The number of hydrogen-bond acceptors (Lipinski definition) is 3. The first-order valence-corrected chi connectivity index (χ1v) is 15.2. The van der Waals surface area contributed by atoms with Crippen molar-refractivity contribution in [2.45, 2.75) is 53.2 Å². The number of aromatic amines is 1. The monoisotopic (exact) mass is 611 g/mol. The number of halogens is 2. The second-order valence-electron chi connectivity index (χ2n) is 9.01. The third-order valence-corrected chi connectivity index (χ3v) is 6.73. The molecule has 3 aromatic carbocycles. The Morgan fingerprint density at radius 3 is 2.25 bits per heavy atom. The minimum absolute atomic E-state index is 0.0134. The van der Waals surface area contributed by atoms with Crippen molar-refractivity contribution in [2.75, 3.05) is 25.0 Å². The highest BCUT2D eigenvalue weighted by molar-refractivity contribution is 9.09. The van der Waals surface area contributed by atoms with E-state index in [0.29, 0.717) is 6.54 Å². The van der Waals surface area contributed by atoms with Gasteiger partial charge < -0.3 is 20.4 Å². The molecule has 3 N–H and O–H groups in total. The highest BCUT2D eigenvalue weighted by Crippen LogP contribution is 2.17. The van der Waals surface area contributed by atoms with Crippen LogP contribution in [0.5, 0.6) is 0 Å². The predicted molar refractivity (Wildman–Crippen MR) is 168 cm³/mol. The topological polar surface area (TPSA) is 66.2 Å². The Balaban J connectivity index is 0.000000858. The summed E-state index contributed by atoms with van der Waals surface area (Å²) in [6.07, 6.45) is 5.07. The van der Waals surface area contributed by atoms with Crippen LogP contribution in [0.15, 0.2) is 79.0 Å². The van der Waals surface area contributed by atoms with Crippen molar-refractivity contribution in [3.05, 3.63) is 107 Å². The summed E-state index contributed by atoms with van der Waals surface area (Å²) in [4.78, 5) is 15.3. The molecule has 0 aliphatic carbocycles. The molecule has 7 heteroatoms. The van der Waals surface area contributed by atoms with E-state index in [1.807, 2.05) is 19.9 Å². The number of alkyl halides is 1. The van der Waals surface area contributed by atoms with Crippen LogP contribution in [0, 0.1) is 5.82 Å². The van der Waals surface area contributed by atoms with Gasteiger partial charge in [-0.2, -0.15) is 0 Å². The zero-order valence-corrected chi connectivity index (χ0v) is 25.5. The van der Waals surface area contributed by atoms with Crippen LogP contribution in [0.2, 0.25) is 0 Å². The van der Waals surface area contributed by atoms with E-state index in [4.69, 9.17) is 4.74 Å². The van der Waals surface area contributed by atoms with Crippen LogP contribution in [0.25, 0.3) is 10.9 Å². The minimum Gasteiger partial charge on any atom is -0.367 e. The van der Waals surface area contributed by atoms with Gasteiger partial charge in [0.2, 0.25) is 5.91 Å². The van der Waals surface area contributed by atoms with E-state index in [9.17, 15) is 9.18 Å². The molecular formula is C33H43BrFN3O2. The molecule has 0 spiro atoms. The van der Waals surface area contributed by atoms with Gasteiger partial charge in [-0.3, -0.25) is 4.79 Å². The number of benzene rings is 3. The number of aromatic nitrogens is 1. The van der Waals surface area contributed by atoms with Crippen LogP contribution < -0.4 is 10.6 Å². The lowest BCUT2D eigenvalue weighted by Crippen LogP contribution is -2.29. The highest BCUT2D eigenvalue weighted by Gasteiger charge is 2.04. The van der Waals surface area contributed by atoms with Crippen molar-refractivity contribution < 1.29 is 13.9 Å².